The molecular weight excluding hydrogens is 366 g/mol. The Morgan fingerprint density at radius 2 is 1.78 bits per heavy atom. The van der Waals surface area contributed by atoms with Crippen molar-refractivity contribution >= 4 is 31.9 Å². The third kappa shape index (κ3) is 2.64. The molecule has 2 aromatic carbocycles. The fourth-order valence-corrected chi connectivity index (χ4v) is 3.18. The number of rotatable bonds is 2. The second-order valence-corrected chi connectivity index (χ2v) is 5.72. The molecule has 18 heavy (non-hydrogen) atoms. The lowest BCUT2D eigenvalue weighted by Crippen LogP contribution is -1.97. The van der Waals surface area contributed by atoms with Crippen molar-refractivity contribution in [1.82, 2.24) is 0 Å². The van der Waals surface area contributed by atoms with Crippen LogP contribution in [-0.2, 0) is 0 Å². The number of hydrogen-bond acceptors (Lipinski definition) is 0. The van der Waals surface area contributed by atoms with E-state index in [1.165, 1.54) is 6.07 Å². The zero-order valence-corrected chi connectivity index (χ0v) is 12.7. The molecule has 0 nitrogen and oxygen atoms in total. The Kier molecular flexibility index (Phi) is 4.17. The lowest BCUT2D eigenvalue weighted by Gasteiger charge is -2.14. The van der Waals surface area contributed by atoms with Gasteiger partial charge in [-0.1, -0.05) is 56.1 Å². The first-order valence-electron chi connectivity index (χ1n) is 5.34. The molecule has 1 unspecified atom stereocenters. The van der Waals surface area contributed by atoms with Crippen molar-refractivity contribution in [3.63, 3.8) is 0 Å². The first kappa shape index (κ1) is 13.7. The van der Waals surface area contributed by atoms with Crippen LogP contribution in [0.2, 0.25) is 0 Å². The summed E-state index contributed by atoms with van der Waals surface area (Å²) in [4.78, 5) is -0.179. The number of alkyl halides is 1. The molecule has 0 radical (unpaired) electrons. The Labute approximate surface area is 121 Å². The predicted molar refractivity (Wildman–Crippen MR) is 76.0 cm³/mol. The molecule has 0 aromatic heterocycles. The second kappa shape index (κ2) is 5.49. The van der Waals surface area contributed by atoms with Gasteiger partial charge in [-0.3, -0.25) is 0 Å². The van der Waals surface area contributed by atoms with E-state index in [-0.39, 0.29) is 4.83 Å². The van der Waals surface area contributed by atoms with E-state index in [2.05, 4.69) is 31.9 Å². The van der Waals surface area contributed by atoms with Crippen molar-refractivity contribution < 1.29 is 8.78 Å². The summed E-state index contributed by atoms with van der Waals surface area (Å²) in [6.45, 7) is 1.98. The van der Waals surface area contributed by atoms with Crippen LogP contribution in [0.25, 0.3) is 0 Å². The first-order valence-corrected chi connectivity index (χ1v) is 7.05. The third-order valence-electron chi connectivity index (χ3n) is 2.73. The molecule has 0 amide bonds. The maximum absolute atomic E-state index is 13.2. The van der Waals surface area contributed by atoms with Crippen molar-refractivity contribution in [3.05, 3.63) is 69.2 Å². The minimum Gasteiger partial charge on any atom is -0.204 e. The Bertz CT molecular complexity index is 582. The molecule has 2 rings (SSSR count). The van der Waals surface area contributed by atoms with Crippen molar-refractivity contribution in [3.8, 4) is 0 Å². The Morgan fingerprint density at radius 1 is 1.06 bits per heavy atom. The Morgan fingerprint density at radius 3 is 2.44 bits per heavy atom. The molecule has 0 bridgehead atoms. The molecule has 0 aliphatic heterocycles. The molecule has 4 heteroatoms. The van der Waals surface area contributed by atoms with E-state index in [1.54, 1.807) is 6.07 Å². The largest absolute Gasteiger partial charge is 0.204 e. The van der Waals surface area contributed by atoms with Crippen LogP contribution < -0.4 is 0 Å². The average molecular weight is 376 g/mol. The van der Waals surface area contributed by atoms with Gasteiger partial charge in [0.1, 0.15) is 0 Å². The van der Waals surface area contributed by atoms with Gasteiger partial charge in [-0.25, -0.2) is 8.78 Å². The molecule has 1 atom stereocenters. The minimum absolute atomic E-state index is 0.179. The molecule has 0 saturated heterocycles. The van der Waals surface area contributed by atoms with Crippen LogP contribution in [-0.4, -0.2) is 0 Å². The van der Waals surface area contributed by atoms with Crippen LogP contribution in [0, 0.1) is 18.6 Å². The van der Waals surface area contributed by atoms with Crippen molar-refractivity contribution in [1.29, 1.82) is 0 Å². The highest BCUT2D eigenvalue weighted by Crippen LogP contribution is 2.36. The van der Waals surface area contributed by atoms with Gasteiger partial charge in [-0.15, -0.1) is 0 Å². The van der Waals surface area contributed by atoms with Gasteiger partial charge in [0.25, 0.3) is 0 Å². The molecule has 94 valence electrons. The summed E-state index contributed by atoms with van der Waals surface area (Å²) in [5.74, 6) is -1.66. The van der Waals surface area contributed by atoms with Gasteiger partial charge in [0.05, 0.1) is 4.83 Å². The highest BCUT2D eigenvalue weighted by molar-refractivity contribution is 9.11. The van der Waals surface area contributed by atoms with Crippen LogP contribution in [0.15, 0.2) is 40.9 Å². The van der Waals surface area contributed by atoms with Crippen LogP contribution in [0.1, 0.15) is 21.5 Å². The van der Waals surface area contributed by atoms with Gasteiger partial charge in [-0.2, -0.15) is 0 Å². The predicted octanol–water partition coefficient (Wildman–Crippen LogP) is 5.52. The second-order valence-electron chi connectivity index (χ2n) is 4.01. The quantitative estimate of drug-likeness (QED) is 0.606. The maximum atomic E-state index is 13.2. The summed E-state index contributed by atoms with van der Waals surface area (Å²) in [6.07, 6.45) is 0. The molecule has 0 N–H and O–H groups in total. The van der Waals surface area contributed by atoms with E-state index in [9.17, 15) is 8.78 Å². The van der Waals surface area contributed by atoms with E-state index in [0.717, 1.165) is 21.7 Å². The number of halogens is 4. The average Bonchev–Trinajstić information content (AvgIpc) is 2.35. The van der Waals surface area contributed by atoms with Gasteiger partial charge < -0.3 is 0 Å². The molecule has 0 spiro atoms. The number of benzene rings is 2. The van der Waals surface area contributed by atoms with Gasteiger partial charge in [0, 0.05) is 4.47 Å². The van der Waals surface area contributed by atoms with Gasteiger partial charge in [0.15, 0.2) is 11.6 Å². The summed E-state index contributed by atoms with van der Waals surface area (Å²) < 4.78 is 27.1. The van der Waals surface area contributed by atoms with E-state index in [1.807, 2.05) is 25.1 Å². The normalized spacial score (nSPS) is 12.5. The highest BCUT2D eigenvalue weighted by Gasteiger charge is 2.16. The lowest BCUT2D eigenvalue weighted by atomic mass is 10.0. The van der Waals surface area contributed by atoms with E-state index >= 15 is 0 Å². The molecular formula is C14H10Br2F2. The fraction of sp³-hybridized carbons (Fsp3) is 0.143. The van der Waals surface area contributed by atoms with Crippen LogP contribution in [0.4, 0.5) is 8.78 Å². The fourth-order valence-electron chi connectivity index (χ4n) is 1.72. The SMILES string of the molecule is Cc1cccc(C(Br)c2ccc(F)c(F)c2)c1Br. The molecule has 0 saturated carbocycles. The first-order chi connectivity index (χ1) is 8.50. The monoisotopic (exact) mass is 374 g/mol. The topological polar surface area (TPSA) is 0 Å². The molecule has 0 fully saturated rings. The van der Waals surface area contributed by atoms with Crippen LogP contribution in [0.3, 0.4) is 0 Å². The van der Waals surface area contributed by atoms with Crippen LogP contribution >= 0.6 is 31.9 Å². The minimum atomic E-state index is -0.833. The van der Waals surface area contributed by atoms with Crippen LogP contribution in [0.5, 0.6) is 0 Å². The Hall–Kier alpha value is -0.740. The summed E-state index contributed by atoms with van der Waals surface area (Å²) in [5.41, 5.74) is 2.76. The molecule has 0 aliphatic carbocycles. The zero-order valence-electron chi connectivity index (χ0n) is 9.55. The summed E-state index contributed by atoms with van der Waals surface area (Å²) in [5, 5.41) is 0. The molecule has 0 aliphatic rings. The summed E-state index contributed by atoms with van der Waals surface area (Å²) in [6, 6.07) is 9.79. The van der Waals surface area contributed by atoms with Crippen molar-refractivity contribution in [2.45, 2.75) is 11.8 Å². The maximum Gasteiger partial charge on any atom is 0.159 e. The highest BCUT2D eigenvalue weighted by atomic mass is 79.9. The Balaban J connectivity index is 2.44. The zero-order chi connectivity index (χ0) is 13.3. The van der Waals surface area contributed by atoms with Gasteiger partial charge in [0.2, 0.25) is 0 Å². The third-order valence-corrected chi connectivity index (χ3v) is 4.84. The van der Waals surface area contributed by atoms with Crippen molar-refractivity contribution in [2.24, 2.45) is 0 Å². The smallest absolute Gasteiger partial charge is 0.159 e. The molecule has 0 heterocycles. The number of aryl methyl sites for hydroxylation is 1. The van der Waals surface area contributed by atoms with E-state index in [4.69, 9.17) is 0 Å². The number of hydrogen-bond donors (Lipinski definition) is 0. The van der Waals surface area contributed by atoms with Gasteiger partial charge in [-0.05, 0) is 35.7 Å². The van der Waals surface area contributed by atoms with Crippen molar-refractivity contribution in [2.75, 3.05) is 0 Å². The molecule has 2 aromatic rings. The standard InChI is InChI=1S/C14H10Br2F2/c1-8-3-2-4-10(13(8)15)14(16)9-5-6-11(17)12(18)7-9/h2-7,14H,1H3. The van der Waals surface area contributed by atoms with E-state index in [0.29, 0.717) is 5.56 Å². The van der Waals surface area contributed by atoms with E-state index < -0.39 is 11.6 Å². The lowest BCUT2D eigenvalue weighted by molar-refractivity contribution is 0.507. The van der Waals surface area contributed by atoms with Gasteiger partial charge >= 0.3 is 0 Å². The summed E-state index contributed by atoms with van der Waals surface area (Å²) in [7, 11) is 0. The summed E-state index contributed by atoms with van der Waals surface area (Å²) >= 11 is 7.03.